The molecule has 3 rings (SSSR count). The minimum Gasteiger partial charge on any atom is -0.492 e. The lowest BCUT2D eigenvalue weighted by atomic mass is 10.2. The summed E-state index contributed by atoms with van der Waals surface area (Å²) >= 11 is 0.721. The van der Waals surface area contributed by atoms with E-state index in [0.717, 1.165) is 16.9 Å². The van der Waals surface area contributed by atoms with Crippen LogP contribution in [0.1, 0.15) is 11.3 Å². The molecule has 0 unspecified atom stereocenters. The zero-order valence-electron chi connectivity index (χ0n) is 11.3. The Morgan fingerprint density at radius 3 is 2.81 bits per heavy atom. The smallest absolute Gasteiger partial charge is 0.305 e. The van der Waals surface area contributed by atoms with Crippen LogP contribution in [0.25, 0.3) is 0 Å². The van der Waals surface area contributed by atoms with Gasteiger partial charge in [-0.15, -0.1) is 0 Å². The summed E-state index contributed by atoms with van der Waals surface area (Å²) in [5.74, 6) is 0.703. The van der Waals surface area contributed by atoms with Gasteiger partial charge in [0.2, 0.25) is 0 Å². The van der Waals surface area contributed by atoms with Crippen molar-refractivity contribution < 1.29 is 13.2 Å². The Morgan fingerprint density at radius 1 is 1.33 bits per heavy atom. The minimum atomic E-state index is -3.70. The molecule has 2 heterocycles. The van der Waals surface area contributed by atoms with Gasteiger partial charge >= 0.3 is 4.87 Å². The molecular formula is C13H14N2O4S2. The SMILES string of the molecule is Cc1[nH]c(=O)sc1S(=O)(=O)N1CCOc2ccccc2C1. The second-order valence-electron chi connectivity index (χ2n) is 4.72. The highest BCUT2D eigenvalue weighted by molar-refractivity contribution is 7.91. The summed E-state index contributed by atoms with van der Waals surface area (Å²) in [6.07, 6.45) is 0. The van der Waals surface area contributed by atoms with Crippen LogP contribution in [0.5, 0.6) is 5.75 Å². The van der Waals surface area contributed by atoms with Crippen molar-refractivity contribution in [2.45, 2.75) is 17.7 Å². The van der Waals surface area contributed by atoms with Crippen LogP contribution in [0.3, 0.4) is 0 Å². The maximum atomic E-state index is 12.7. The molecule has 1 N–H and O–H groups in total. The molecule has 1 aliphatic rings. The molecule has 0 saturated carbocycles. The van der Waals surface area contributed by atoms with Gasteiger partial charge < -0.3 is 9.72 Å². The molecule has 0 aliphatic carbocycles. The molecule has 0 fully saturated rings. The highest BCUT2D eigenvalue weighted by Gasteiger charge is 2.30. The number of benzene rings is 1. The highest BCUT2D eigenvalue weighted by atomic mass is 32.2. The molecule has 2 aromatic rings. The number of thiazole rings is 1. The van der Waals surface area contributed by atoms with Gasteiger partial charge in [-0.05, 0) is 13.0 Å². The van der Waals surface area contributed by atoms with Crippen molar-refractivity contribution in [1.29, 1.82) is 0 Å². The van der Waals surface area contributed by atoms with Gasteiger partial charge in [0, 0.05) is 24.3 Å². The lowest BCUT2D eigenvalue weighted by Crippen LogP contribution is -2.32. The van der Waals surface area contributed by atoms with Crippen LogP contribution in [-0.4, -0.2) is 30.9 Å². The number of hydrogen-bond donors (Lipinski definition) is 1. The van der Waals surface area contributed by atoms with E-state index in [4.69, 9.17) is 4.74 Å². The molecule has 1 aromatic carbocycles. The van der Waals surface area contributed by atoms with E-state index in [2.05, 4.69) is 4.98 Å². The Labute approximate surface area is 126 Å². The summed E-state index contributed by atoms with van der Waals surface area (Å²) in [6, 6.07) is 7.37. The quantitative estimate of drug-likeness (QED) is 0.903. The summed E-state index contributed by atoms with van der Waals surface area (Å²) in [5, 5.41) is 0. The number of aromatic nitrogens is 1. The van der Waals surface area contributed by atoms with E-state index in [1.807, 2.05) is 24.3 Å². The molecule has 8 heteroatoms. The van der Waals surface area contributed by atoms with Crippen molar-refractivity contribution in [3.8, 4) is 5.75 Å². The molecule has 0 bridgehead atoms. The second-order valence-corrected chi connectivity index (χ2v) is 7.84. The molecule has 21 heavy (non-hydrogen) atoms. The summed E-state index contributed by atoms with van der Waals surface area (Å²) in [4.78, 5) is 13.5. The zero-order valence-corrected chi connectivity index (χ0v) is 13.0. The topological polar surface area (TPSA) is 79.5 Å². The largest absolute Gasteiger partial charge is 0.492 e. The first-order chi connectivity index (χ1) is 9.98. The van der Waals surface area contributed by atoms with Crippen molar-refractivity contribution in [3.05, 3.63) is 45.2 Å². The zero-order chi connectivity index (χ0) is 15.0. The first kappa shape index (κ1) is 14.3. The molecular weight excluding hydrogens is 312 g/mol. The van der Waals surface area contributed by atoms with Crippen molar-refractivity contribution in [1.82, 2.24) is 9.29 Å². The summed E-state index contributed by atoms with van der Waals surface area (Å²) in [7, 11) is -3.70. The Kier molecular flexibility index (Phi) is 3.60. The van der Waals surface area contributed by atoms with E-state index in [9.17, 15) is 13.2 Å². The number of nitrogens with one attached hydrogen (secondary N) is 1. The summed E-state index contributed by atoms with van der Waals surface area (Å²) in [5.41, 5.74) is 1.20. The maximum Gasteiger partial charge on any atom is 0.305 e. The molecule has 1 aromatic heterocycles. The number of para-hydroxylation sites is 1. The molecule has 0 atom stereocenters. The van der Waals surface area contributed by atoms with Crippen molar-refractivity contribution in [2.75, 3.05) is 13.2 Å². The van der Waals surface area contributed by atoms with Gasteiger partial charge in [-0.25, -0.2) is 8.42 Å². The van der Waals surface area contributed by atoms with E-state index < -0.39 is 10.0 Å². The van der Waals surface area contributed by atoms with Gasteiger partial charge in [0.05, 0.1) is 0 Å². The predicted molar refractivity (Wildman–Crippen MR) is 79.2 cm³/mol. The summed E-state index contributed by atoms with van der Waals surface area (Å²) < 4.78 is 32.4. The fourth-order valence-electron chi connectivity index (χ4n) is 2.26. The van der Waals surface area contributed by atoms with E-state index in [1.165, 1.54) is 4.31 Å². The van der Waals surface area contributed by atoms with Crippen LogP contribution in [-0.2, 0) is 16.6 Å². The fraction of sp³-hybridized carbons (Fsp3) is 0.308. The second kappa shape index (κ2) is 5.28. The van der Waals surface area contributed by atoms with E-state index >= 15 is 0 Å². The van der Waals surface area contributed by atoms with Crippen LogP contribution >= 0.6 is 11.3 Å². The third kappa shape index (κ3) is 2.61. The lowest BCUT2D eigenvalue weighted by molar-refractivity contribution is 0.293. The van der Waals surface area contributed by atoms with Gasteiger partial charge in [0.25, 0.3) is 10.0 Å². The Balaban J connectivity index is 2.00. The van der Waals surface area contributed by atoms with Crippen LogP contribution in [0, 0.1) is 6.92 Å². The predicted octanol–water partition coefficient (Wildman–Crippen LogP) is 1.33. The van der Waals surface area contributed by atoms with Crippen LogP contribution < -0.4 is 9.61 Å². The third-order valence-electron chi connectivity index (χ3n) is 3.27. The Morgan fingerprint density at radius 2 is 2.10 bits per heavy atom. The van der Waals surface area contributed by atoms with Crippen LogP contribution in [0.15, 0.2) is 33.3 Å². The first-order valence-electron chi connectivity index (χ1n) is 6.39. The van der Waals surface area contributed by atoms with Crippen molar-refractivity contribution in [3.63, 3.8) is 0 Å². The van der Waals surface area contributed by atoms with E-state index in [1.54, 1.807) is 6.92 Å². The van der Waals surface area contributed by atoms with E-state index in [0.29, 0.717) is 11.4 Å². The number of nitrogens with zero attached hydrogens (tertiary/aromatic N) is 1. The molecule has 6 nitrogen and oxygen atoms in total. The van der Waals surface area contributed by atoms with Crippen LogP contribution in [0.4, 0.5) is 0 Å². The molecule has 0 saturated heterocycles. The summed E-state index contributed by atoms with van der Waals surface area (Å²) in [6.45, 7) is 2.37. The van der Waals surface area contributed by atoms with Gasteiger partial charge in [-0.1, -0.05) is 29.5 Å². The number of H-pyrrole nitrogens is 1. The number of ether oxygens (including phenoxy) is 1. The molecule has 0 amide bonds. The number of sulfonamides is 1. The van der Waals surface area contributed by atoms with Gasteiger partial charge in [0.15, 0.2) is 4.21 Å². The van der Waals surface area contributed by atoms with Crippen molar-refractivity contribution >= 4 is 21.4 Å². The number of hydrogen-bond acceptors (Lipinski definition) is 5. The first-order valence-corrected chi connectivity index (χ1v) is 8.65. The van der Waals surface area contributed by atoms with E-state index in [-0.39, 0.29) is 28.8 Å². The Bertz CT molecular complexity index is 823. The molecule has 1 aliphatic heterocycles. The van der Waals surface area contributed by atoms with Gasteiger partial charge in [-0.3, -0.25) is 4.79 Å². The number of aryl methyl sites for hydroxylation is 1. The Hall–Kier alpha value is -1.64. The molecule has 0 spiro atoms. The lowest BCUT2D eigenvalue weighted by Gasteiger charge is -2.18. The fourth-order valence-corrected chi connectivity index (χ4v) is 5.10. The highest BCUT2D eigenvalue weighted by Crippen LogP contribution is 2.28. The molecule has 112 valence electrons. The average molecular weight is 326 g/mol. The third-order valence-corrected chi connectivity index (χ3v) is 6.70. The van der Waals surface area contributed by atoms with Gasteiger partial charge in [-0.2, -0.15) is 4.31 Å². The van der Waals surface area contributed by atoms with Crippen molar-refractivity contribution in [2.24, 2.45) is 0 Å². The number of aromatic amines is 1. The monoisotopic (exact) mass is 326 g/mol. The molecule has 0 radical (unpaired) electrons. The van der Waals surface area contributed by atoms with Crippen LogP contribution in [0.2, 0.25) is 0 Å². The minimum absolute atomic E-state index is 0.0758. The number of fused-ring (bicyclic) bond motifs is 1. The maximum absolute atomic E-state index is 12.7. The number of rotatable bonds is 2. The average Bonchev–Trinajstić information content (AvgIpc) is 2.67. The normalized spacial score (nSPS) is 16.0. The van der Waals surface area contributed by atoms with Gasteiger partial charge in [0.1, 0.15) is 12.4 Å². The standard InChI is InChI=1S/C13H14N2O4S2/c1-9-12(20-13(16)14-9)21(17,18)15-6-7-19-11-5-3-2-4-10(11)8-15/h2-5H,6-8H2,1H3,(H,14,16).